The lowest BCUT2D eigenvalue weighted by Crippen LogP contribution is -2.14. The third-order valence-corrected chi connectivity index (χ3v) is 4.15. The minimum Gasteiger partial charge on any atom is -0.340 e. The summed E-state index contributed by atoms with van der Waals surface area (Å²) in [6.07, 6.45) is 5.48. The molecule has 0 spiro atoms. The topological polar surface area (TPSA) is 59.4 Å². The Balaban J connectivity index is 1.74. The van der Waals surface area contributed by atoms with Crippen molar-refractivity contribution in [3.63, 3.8) is 0 Å². The lowest BCUT2D eigenvalue weighted by atomic mass is 10.1. The van der Waals surface area contributed by atoms with Crippen LogP contribution in [0.2, 0.25) is 0 Å². The molecule has 104 valence electrons. The maximum Gasteiger partial charge on any atom is 0.153 e. The van der Waals surface area contributed by atoms with Crippen LogP contribution in [0.25, 0.3) is 10.9 Å². The van der Waals surface area contributed by atoms with Gasteiger partial charge < -0.3 is 9.13 Å². The zero-order valence-corrected chi connectivity index (χ0v) is 11.7. The Labute approximate surface area is 122 Å². The molecule has 0 radical (unpaired) electrons. The van der Waals surface area contributed by atoms with Crippen molar-refractivity contribution in [1.29, 1.82) is 5.26 Å². The Morgan fingerprint density at radius 2 is 2.14 bits per heavy atom. The predicted molar refractivity (Wildman–Crippen MR) is 78.7 cm³/mol. The van der Waals surface area contributed by atoms with Gasteiger partial charge in [0, 0.05) is 24.7 Å². The number of fused-ring (bicyclic) bond motifs is 2. The molecule has 1 aliphatic heterocycles. The molecule has 2 aromatic heterocycles. The highest BCUT2D eigenvalue weighted by Gasteiger charge is 2.16. The van der Waals surface area contributed by atoms with Crippen molar-refractivity contribution in [2.45, 2.75) is 32.4 Å². The largest absolute Gasteiger partial charge is 0.340 e. The van der Waals surface area contributed by atoms with Crippen molar-refractivity contribution in [2.24, 2.45) is 0 Å². The van der Waals surface area contributed by atoms with E-state index in [9.17, 15) is 0 Å². The first-order chi connectivity index (χ1) is 10.3. The summed E-state index contributed by atoms with van der Waals surface area (Å²) in [6.45, 7) is 1.71. The summed E-state index contributed by atoms with van der Waals surface area (Å²) in [5, 5.41) is 18.8. The number of aromatic nitrogens is 4. The zero-order chi connectivity index (χ0) is 14.2. The normalized spacial score (nSPS) is 14.0. The Morgan fingerprint density at radius 3 is 3.05 bits per heavy atom. The summed E-state index contributed by atoms with van der Waals surface area (Å²) in [6, 6.07) is 10.0. The number of hydrogen-bond acceptors (Lipinski definition) is 3. The second-order valence-corrected chi connectivity index (χ2v) is 5.47. The summed E-state index contributed by atoms with van der Waals surface area (Å²) in [7, 11) is 0. The minimum absolute atomic E-state index is 0.686. The maximum atomic E-state index is 9.05. The van der Waals surface area contributed by atoms with E-state index in [0.29, 0.717) is 12.1 Å². The molecule has 4 rings (SSSR count). The van der Waals surface area contributed by atoms with Gasteiger partial charge in [-0.1, -0.05) is 6.07 Å². The van der Waals surface area contributed by atoms with E-state index in [1.54, 1.807) is 0 Å². The van der Waals surface area contributed by atoms with Gasteiger partial charge in [0.25, 0.3) is 0 Å². The molecule has 5 nitrogen and oxygen atoms in total. The first kappa shape index (κ1) is 12.2. The monoisotopic (exact) mass is 277 g/mol. The molecule has 3 heterocycles. The second-order valence-electron chi connectivity index (χ2n) is 5.47. The predicted octanol–water partition coefficient (Wildman–Crippen LogP) is 2.49. The molecule has 0 unspecified atom stereocenters. The van der Waals surface area contributed by atoms with E-state index in [1.165, 1.54) is 12.8 Å². The Hall–Kier alpha value is -2.61. The molecular formula is C16H15N5. The average Bonchev–Trinajstić information content (AvgIpc) is 3.12. The van der Waals surface area contributed by atoms with Gasteiger partial charge in [-0.25, -0.2) is 0 Å². The summed E-state index contributed by atoms with van der Waals surface area (Å²) in [4.78, 5) is 0. The van der Waals surface area contributed by atoms with Crippen molar-refractivity contribution in [2.75, 3.05) is 0 Å². The van der Waals surface area contributed by atoms with Crippen LogP contribution in [0, 0.1) is 11.3 Å². The number of nitriles is 1. The van der Waals surface area contributed by atoms with Crippen LogP contribution in [0.15, 0.2) is 30.5 Å². The lowest BCUT2D eigenvalue weighted by Gasteiger charge is -2.15. The summed E-state index contributed by atoms with van der Waals surface area (Å²) < 4.78 is 4.38. The van der Waals surface area contributed by atoms with E-state index in [-0.39, 0.29) is 0 Å². The molecule has 1 aromatic carbocycles. The third-order valence-electron chi connectivity index (χ3n) is 4.15. The molecule has 0 aliphatic carbocycles. The van der Waals surface area contributed by atoms with Gasteiger partial charge in [-0.15, -0.1) is 10.2 Å². The van der Waals surface area contributed by atoms with Crippen LogP contribution < -0.4 is 0 Å². The molecule has 3 aromatic rings. The van der Waals surface area contributed by atoms with Gasteiger partial charge in [-0.2, -0.15) is 5.26 Å². The summed E-state index contributed by atoms with van der Waals surface area (Å²) in [5.41, 5.74) is 1.76. The fraction of sp³-hybridized carbons (Fsp3) is 0.312. The second kappa shape index (κ2) is 4.74. The fourth-order valence-electron chi connectivity index (χ4n) is 3.03. The van der Waals surface area contributed by atoms with Crippen LogP contribution in [-0.2, 0) is 19.5 Å². The maximum absolute atomic E-state index is 9.05. The third kappa shape index (κ3) is 2.00. The van der Waals surface area contributed by atoms with E-state index in [1.807, 2.05) is 18.2 Å². The van der Waals surface area contributed by atoms with Gasteiger partial charge in [0.1, 0.15) is 5.82 Å². The van der Waals surface area contributed by atoms with Crippen LogP contribution in [0.5, 0.6) is 0 Å². The SMILES string of the molecule is N#Cc1ccc2ccn(Cc3nnc4n3CCCC4)c2c1. The van der Waals surface area contributed by atoms with Crippen LogP contribution >= 0.6 is 0 Å². The number of nitrogens with zero attached hydrogens (tertiary/aromatic N) is 5. The van der Waals surface area contributed by atoms with Crippen LogP contribution in [0.4, 0.5) is 0 Å². The van der Waals surface area contributed by atoms with Gasteiger partial charge in [-0.05, 0) is 36.4 Å². The van der Waals surface area contributed by atoms with Gasteiger partial charge in [0.15, 0.2) is 5.82 Å². The highest BCUT2D eigenvalue weighted by Crippen LogP contribution is 2.20. The summed E-state index contributed by atoms with van der Waals surface area (Å²) >= 11 is 0. The van der Waals surface area contributed by atoms with Crippen LogP contribution in [0.3, 0.4) is 0 Å². The van der Waals surface area contributed by atoms with Crippen molar-refractivity contribution >= 4 is 10.9 Å². The lowest BCUT2D eigenvalue weighted by molar-refractivity contribution is 0.503. The van der Waals surface area contributed by atoms with Crippen molar-refractivity contribution in [3.05, 3.63) is 47.7 Å². The highest BCUT2D eigenvalue weighted by molar-refractivity contribution is 5.81. The molecule has 0 amide bonds. The van der Waals surface area contributed by atoms with Gasteiger partial charge >= 0.3 is 0 Å². The van der Waals surface area contributed by atoms with Gasteiger partial charge in [0.2, 0.25) is 0 Å². The number of rotatable bonds is 2. The van der Waals surface area contributed by atoms with E-state index < -0.39 is 0 Å². The van der Waals surface area contributed by atoms with Gasteiger partial charge in [0.05, 0.1) is 18.2 Å². The molecule has 0 saturated carbocycles. The molecule has 0 bridgehead atoms. The number of benzene rings is 1. The zero-order valence-electron chi connectivity index (χ0n) is 11.7. The van der Waals surface area contributed by atoms with Crippen LogP contribution in [0.1, 0.15) is 30.1 Å². The molecule has 1 aliphatic rings. The number of hydrogen-bond donors (Lipinski definition) is 0. The Kier molecular flexibility index (Phi) is 2.74. The van der Waals surface area contributed by atoms with E-state index in [2.05, 4.69) is 37.7 Å². The smallest absolute Gasteiger partial charge is 0.153 e. The first-order valence-electron chi connectivity index (χ1n) is 7.25. The molecule has 0 fully saturated rings. The van der Waals surface area contributed by atoms with Crippen molar-refractivity contribution < 1.29 is 0 Å². The minimum atomic E-state index is 0.686. The van der Waals surface area contributed by atoms with Gasteiger partial charge in [-0.3, -0.25) is 0 Å². The van der Waals surface area contributed by atoms with Crippen molar-refractivity contribution in [3.8, 4) is 6.07 Å². The molecule has 21 heavy (non-hydrogen) atoms. The molecule has 0 saturated heterocycles. The van der Waals surface area contributed by atoms with Crippen molar-refractivity contribution in [1.82, 2.24) is 19.3 Å². The molecule has 5 heteroatoms. The van der Waals surface area contributed by atoms with Crippen LogP contribution in [-0.4, -0.2) is 19.3 Å². The van der Waals surface area contributed by atoms with E-state index >= 15 is 0 Å². The standard InChI is InChI=1S/C16H15N5/c17-10-12-4-5-13-6-8-20(14(13)9-12)11-16-19-18-15-3-1-2-7-21(15)16/h4-6,8-9H,1-3,7,11H2. The first-order valence-corrected chi connectivity index (χ1v) is 7.25. The Morgan fingerprint density at radius 1 is 1.19 bits per heavy atom. The van der Waals surface area contributed by atoms with E-state index in [0.717, 1.165) is 35.5 Å². The summed E-state index contributed by atoms with van der Waals surface area (Å²) in [5.74, 6) is 2.11. The molecule has 0 atom stereocenters. The molecule has 0 N–H and O–H groups in total. The molecular weight excluding hydrogens is 262 g/mol. The average molecular weight is 277 g/mol. The quantitative estimate of drug-likeness (QED) is 0.723. The number of aryl methyl sites for hydroxylation is 1. The fourth-order valence-corrected chi connectivity index (χ4v) is 3.03. The highest BCUT2D eigenvalue weighted by atomic mass is 15.3. The van der Waals surface area contributed by atoms with E-state index in [4.69, 9.17) is 5.26 Å². The Bertz CT molecular complexity index is 849.